The van der Waals surface area contributed by atoms with E-state index in [2.05, 4.69) is 9.97 Å². The van der Waals surface area contributed by atoms with E-state index in [1.807, 2.05) is 6.92 Å². The van der Waals surface area contributed by atoms with E-state index in [0.29, 0.717) is 17.3 Å². The average molecular weight is 527 g/mol. The molecule has 0 atom stereocenters. The number of halogens is 4. The smallest absolute Gasteiger partial charge is 0.416 e. The van der Waals surface area contributed by atoms with Crippen molar-refractivity contribution in [1.29, 1.82) is 0 Å². The molecule has 4 heterocycles. The van der Waals surface area contributed by atoms with Gasteiger partial charge in [0.2, 0.25) is 5.88 Å². The molecular formula is C26H21F4N5O3. The Hall–Kier alpha value is -4.48. The topological polar surface area (TPSA) is 82.3 Å². The van der Waals surface area contributed by atoms with E-state index >= 15 is 0 Å². The Kier molecular flexibility index (Phi) is 6.47. The molecule has 0 saturated heterocycles. The van der Waals surface area contributed by atoms with Gasteiger partial charge in [0.15, 0.2) is 0 Å². The third kappa shape index (κ3) is 4.89. The molecule has 0 bridgehead atoms. The lowest BCUT2D eigenvalue weighted by Crippen LogP contribution is -2.44. The van der Waals surface area contributed by atoms with Gasteiger partial charge in [-0.3, -0.25) is 9.59 Å². The summed E-state index contributed by atoms with van der Waals surface area (Å²) in [6.07, 6.45) is 0.0605. The van der Waals surface area contributed by atoms with Crippen molar-refractivity contribution in [2.75, 3.05) is 6.54 Å². The predicted molar refractivity (Wildman–Crippen MR) is 127 cm³/mol. The summed E-state index contributed by atoms with van der Waals surface area (Å²) < 4.78 is 61.3. The molecule has 0 N–H and O–H groups in total. The molecule has 5 rings (SSSR count). The Balaban J connectivity index is 1.32. The molecule has 0 saturated carbocycles. The first-order valence-corrected chi connectivity index (χ1v) is 11.6. The van der Waals surface area contributed by atoms with Crippen LogP contribution < -0.4 is 10.3 Å². The molecule has 4 aromatic rings. The second kappa shape index (κ2) is 9.77. The van der Waals surface area contributed by atoms with E-state index in [9.17, 15) is 27.2 Å². The second-order valence-electron chi connectivity index (χ2n) is 8.77. The number of hydrogen-bond acceptors (Lipinski definition) is 5. The summed E-state index contributed by atoms with van der Waals surface area (Å²) in [5, 5.41) is 0. The highest BCUT2D eigenvalue weighted by atomic mass is 19.4. The maximum atomic E-state index is 14.2. The average Bonchev–Trinajstić information content (AvgIpc) is 3.31. The van der Waals surface area contributed by atoms with Crippen molar-refractivity contribution >= 4 is 5.91 Å². The fourth-order valence-corrected chi connectivity index (χ4v) is 4.23. The Morgan fingerprint density at radius 1 is 1.03 bits per heavy atom. The molecule has 0 radical (unpaired) electrons. The lowest BCUT2D eigenvalue weighted by Gasteiger charge is -2.30. The highest BCUT2D eigenvalue weighted by molar-refractivity contribution is 5.93. The van der Waals surface area contributed by atoms with Crippen molar-refractivity contribution < 1.29 is 27.1 Å². The van der Waals surface area contributed by atoms with Gasteiger partial charge >= 0.3 is 6.18 Å². The maximum Gasteiger partial charge on any atom is 0.416 e. The molecule has 196 valence electrons. The summed E-state index contributed by atoms with van der Waals surface area (Å²) in [6, 6.07) is 8.72. The molecule has 8 nitrogen and oxygen atoms in total. The zero-order valence-corrected chi connectivity index (χ0v) is 20.1. The number of carbonyl (C=O) groups excluding carboxylic acids is 1. The van der Waals surface area contributed by atoms with Crippen LogP contribution in [0, 0.1) is 12.7 Å². The van der Waals surface area contributed by atoms with E-state index in [1.165, 1.54) is 17.1 Å². The van der Waals surface area contributed by atoms with Crippen LogP contribution in [-0.4, -0.2) is 36.5 Å². The van der Waals surface area contributed by atoms with Crippen LogP contribution in [0.4, 0.5) is 17.6 Å². The number of pyridine rings is 2. The van der Waals surface area contributed by atoms with Gasteiger partial charge in [-0.05, 0) is 37.3 Å². The Labute approximate surface area is 213 Å². The molecule has 12 heteroatoms. The highest BCUT2D eigenvalue weighted by Gasteiger charge is 2.31. The molecule has 1 amide bonds. The van der Waals surface area contributed by atoms with Crippen LogP contribution in [0.15, 0.2) is 66.0 Å². The van der Waals surface area contributed by atoms with Gasteiger partial charge in [0, 0.05) is 36.6 Å². The van der Waals surface area contributed by atoms with Crippen LogP contribution in [0.5, 0.6) is 5.88 Å². The fourth-order valence-electron chi connectivity index (χ4n) is 4.23. The number of hydrogen-bond donors (Lipinski definition) is 0. The van der Waals surface area contributed by atoms with Gasteiger partial charge in [0.05, 0.1) is 24.1 Å². The number of benzene rings is 1. The summed E-state index contributed by atoms with van der Waals surface area (Å²) in [5.74, 6) is -1.28. The molecule has 3 aromatic heterocycles. The number of carbonyl (C=O) groups is 1. The number of nitrogens with zero attached hydrogens (tertiary/aromatic N) is 5. The number of aryl methyl sites for hydroxylation is 1. The van der Waals surface area contributed by atoms with Crippen molar-refractivity contribution in [3.8, 4) is 11.6 Å². The van der Waals surface area contributed by atoms with Crippen LogP contribution in [0.25, 0.3) is 5.69 Å². The van der Waals surface area contributed by atoms with Gasteiger partial charge in [0.25, 0.3) is 11.5 Å². The van der Waals surface area contributed by atoms with Crippen molar-refractivity contribution in [3.05, 3.63) is 105 Å². The zero-order chi connectivity index (χ0) is 27.0. The molecule has 1 aromatic carbocycles. The summed E-state index contributed by atoms with van der Waals surface area (Å²) in [4.78, 5) is 36.1. The lowest BCUT2D eigenvalue weighted by atomic mass is 10.1. The van der Waals surface area contributed by atoms with Crippen LogP contribution in [-0.2, 0) is 25.9 Å². The Morgan fingerprint density at radius 2 is 1.84 bits per heavy atom. The van der Waals surface area contributed by atoms with E-state index in [1.54, 1.807) is 39.9 Å². The van der Waals surface area contributed by atoms with Gasteiger partial charge in [0.1, 0.15) is 23.8 Å². The Bertz CT molecular complexity index is 1580. The molecule has 38 heavy (non-hydrogen) atoms. The molecule has 0 spiro atoms. The molecule has 0 fully saturated rings. The number of fused-ring (bicyclic) bond motifs is 1. The van der Waals surface area contributed by atoms with E-state index in [-0.39, 0.29) is 54.8 Å². The summed E-state index contributed by atoms with van der Waals surface area (Å²) in [6.45, 7) is 2.09. The first kappa shape index (κ1) is 25.2. The summed E-state index contributed by atoms with van der Waals surface area (Å²) in [7, 11) is 0. The number of ether oxygens (including phenoxy) is 1. The third-order valence-corrected chi connectivity index (χ3v) is 6.20. The molecule has 0 aliphatic carbocycles. The molecule has 1 aliphatic rings. The fraction of sp³-hybridized carbons (Fsp3) is 0.231. The minimum atomic E-state index is -4.65. The largest absolute Gasteiger partial charge is 0.472 e. The van der Waals surface area contributed by atoms with E-state index < -0.39 is 17.6 Å². The van der Waals surface area contributed by atoms with Crippen LogP contribution in [0.3, 0.4) is 0 Å². The van der Waals surface area contributed by atoms with Crippen LogP contribution in [0.1, 0.15) is 32.9 Å². The normalized spacial score (nSPS) is 13.5. The standard InChI is InChI=1S/C26H21F4N5O3/c1-16-12-34(15-32-16)21-6-7-22-24(36)33(9-10-35(22)25(21)37)13-17-3-2-8-31-23(17)38-14-18-4-5-19(11-20(18)27)26(28,29)30/h2-8,11-12,15H,9-10,13-14H2,1H3. The lowest BCUT2D eigenvalue weighted by molar-refractivity contribution is -0.137. The van der Waals surface area contributed by atoms with Gasteiger partial charge in [-0.25, -0.2) is 14.4 Å². The second-order valence-corrected chi connectivity index (χ2v) is 8.77. The van der Waals surface area contributed by atoms with E-state index in [4.69, 9.17) is 4.74 Å². The van der Waals surface area contributed by atoms with Gasteiger partial charge < -0.3 is 18.8 Å². The van der Waals surface area contributed by atoms with Crippen molar-refractivity contribution in [3.63, 3.8) is 0 Å². The van der Waals surface area contributed by atoms with Crippen LogP contribution >= 0.6 is 0 Å². The van der Waals surface area contributed by atoms with Gasteiger partial charge in [-0.1, -0.05) is 12.1 Å². The van der Waals surface area contributed by atoms with E-state index in [0.717, 1.165) is 17.8 Å². The minimum absolute atomic E-state index is 0.0687. The van der Waals surface area contributed by atoms with Crippen molar-refractivity contribution in [2.24, 2.45) is 0 Å². The van der Waals surface area contributed by atoms with Crippen molar-refractivity contribution in [1.82, 2.24) is 24.0 Å². The number of amides is 1. The first-order valence-electron chi connectivity index (χ1n) is 11.6. The zero-order valence-electron chi connectivity index (χ0n) is 20.1. The minimum Gasteiger partial charge on any atom is -0.472 e. The quantitative estimate of drug-likeness (QED) is 0.352. The predicted octanol–water partition coefficient (Wildman–Crippen LogP) is 4.13. The molecule has 0 unspecified atom stereocenters. The van der Waals surface area contributed by atoms with Gasteiger partial charge in [-0.15, -0.1) is 0 Å². The summed E-state index contributed by atoms with van der Waals surface area (Å²) >= 11 is 0. The Morgan fingerprint density at radius 3 is 2.55 bits per heavy atom. The highest BCUT2D eigenvalue weighted by Crippen LogP contribution is 2.30. The number of imidazole rings is 1. The first-order chi connectivity index (χ1) is 18.1. The number of alkyl halides is 3. The monoisotopic (exact) mass is 527 g/mol. The van der Waals surface area contributed by atoms with Gasteiger partial charge in [-0.2, -0.15) is 13.2 Å². The third-order valence-electron chi connectivity index (χ3n) is 6.20. The molecular weight excluding hydrogens is 506 g/mol. The molecule has 1 aliphatic heterocycles. The summed E-state index contributed by atoms with van der Waals surface area (Å²) in [5.41, 5.74) is 0.429. The maximum absolute atomic E-state index is 14.2. The van der Waals surface area contributed by atoms with Crippen molar-refractivity contribution in [2.45, 2.75) is 32.8 Å². The SMILES string of the molecule is Cc1cn(-c2ccc3n(c2=O)CCN(Cc2cccnc2OCc2ccc(C(F)(F)F)cc2F)C3=O)cn1. The number of aromatic nitrogens is 4. The number of rotatable bonds is 6. The van der Waals surface area contributed by atoms with Crippen LogP contribution in [0.2, 0.25) is 0 Å².